The van der Waals surface area contributed by atoms with Crippen molar-refractivity contribution < 1.29 is 19.0 Å². The van der Waals surface area contributed by atoms with Crippen LogP contribution in [0.1, 0.15) is 37.7 Å². The summed E-state index contributed by atoms with van der Waals surface area (Å²) in [7, 11) is 0. The largest absolute Gasteiger partial charge is 0.377 e. The number of ketones is 1. The van der Waals surface area contributed by atoms with Crippen molar-refractivity contribution in [3.8, 4) is 0 Å². The molecule has 0 aromatic heterocycles. The van der Waals surface area contributed by atoms with Crippen molar-refractivity contribution in [1.82, 2.24) is 0 Å². The van der Waals surface area contributed by atoms with Crippen molar-refractivity contribution in [3.63, 3.8) is 0 Å². The summed E-state index contributed by atoms with van der Waals surface area (Å²) in [6, 6.07) is 10.2. The molecule has 1 aliphatic heterocycles. The van der Waals surface area contributed by atoms with Crippen LogP contribution in [-0.2, 0) is 25.6 Å². The highest BCUT2D eigenvalue weighted by molar-refractivity contribution is 5.96. The third kappa shape index (κ3) is 3.43. The van der Waals surface area contributed by atoms with E-state index in [1.54, 1.807) is 0 Å². The Balaban J connectivity index is 1.20. The minimum absolute atomic E-state index is 0.0978. The van der Waals surface area contributed by atoms with Gasteiger partial charge in [0, 0.05) is 13.0 Å². The van der Waals surface area contributed by atoms with Crippen molar-refractivity contribution in [1.29, 1.82) is 0 Å². The van der Waals surface area contributed by atoms with Crippen molar-refractivity contribution in [2.45, 2.75) is 44.5 Å². The van der Waals surface area contributed by atoms with Crippen LogP contribution in [-0.4, -0.2) is 31.4 Å². The summed E-state index contributed by atoms with van der Waals surface area (Å²) in [6.45, 7) is 2.67. The molecule has 3 aliphatic rings. The smallest absolute Gasteiger partial charge is 0.179 e. The fourth-order valence-corrected chi connectivity index (χ4v) is 4.53. The predicted octanol–water partition coefficient (Wildman–Crippen LogP) is 3.65. The summed E-state index contributed by atoms with van der Waals surface area (Å²) >= 11 is 0. The molecule has 0 bridgehead atoms. The molecule has 134 valence electrons. The van der Waals surface area contributed by atoms with Crippen LogP contribution in [0, 0.1) is 11.8 Å². The molecule has 2 aliphatic carbocycles. The Morgan fingerprint density at radius 2 is 1.92 bits per heavy atom. The van der Waals surface area contributed by atoms with E-state index in [9.17, 15) is 4.79 Å². The molecule has 1 spiro atoms. The van der Waals surface area contributed by atoms with E-state index in [-0.39, 0.29) is 11.7 Å². The minimum Gasteiger partial charge on any atom is -0.377 e. The lowest BCUT2D eigenvalue weighted by atomic mass is 9.89. The second-order valence-electron chi connectivity index (χ2n) is 7.25. The van der Waals surface area contributed by atoms with Crippen molar-refractivity contribution in [3.05, 3.63) is 47.5 Å². The summed E-state index contributed by atoms with van der Waals surface area (Å²) in [4.78, 5) is 12.5. The second kappa shape index (κ2) is 7.40. The fourth-order valence-electron chi connectivity index (χ4n) is 4.53. The molecule has 1 saturated heterocycles. The van der Waals surface area contributed by atoms with Crippen molar-refractivity contribution in [2.75, 3.05) is 19.8 Å². The standard InChI is InChI=1S/C21H26O4/c22-19-14-17(18-9-10-21(20(18)19)24-12-13-25-21)8-4-5-11-23-15-16-6-2-1-3-7-16/h1-3,6-7,14,18,20H,4-5,8-13,15H2/t18-,20-/m0/s1. The highest BCUT2D eigenvalue weighted by Crippen LogP contribution is 2.52. The molecule has 2 atom stereocenters. The van der Waals surface area contributed by atoms with E-state index < -0.39 is 5.79 Å². The van der Waals surface area contributed by atoms with E-state index in [1.165, 1.54) is 11.1 Å². The molecule has 0 radical (unpaired) electrons. The Labute approximate surface area is 149 Å². The number of carbonyl (C=O) groups is 1. The van der Waals surface area contributed by atoms with E-state index in [2.05, 4.69) is 12.1 Å². The highest BCUT2D eigenvalue weighted by atomic mass is 16.7. The Hall–Kier alpha value is -1.49. The van der Waals surface area contributed by atoms with Gasteiger partial charge in [0.15, 0.2) is 11.6 Å². The van der Waals surface area contributed by atoms with E-state index in [0.717, 1.165) is 38.7 Å². The van der Waals surface area contributed by atoms with Crippen LogP contribution in [0.5, 0.6) is 0 Å². The van der Waals surface area contributed by atoms with Crippen molar-refractivity contribution >= 4 is 5.78 Å². The van der Waals surface area contributed by atoms with Crippen LogP contribution in [0.25, 0.3) is 0 Å². The maximum Gasteiger partial charge on any atom is 0.179 e. The quantitative estimate of drug-likeness (QED) is 0.710. The van der Waals surface area contributed by atoms with Crippen LogP contribution in [0.15, 0.2) is 42.0 Å². The molecule has 1 aromatic carbocycles. The molecule has 4 nitrogen and oxygen atoms in total. The van der Waals surface area contributed by atoms with Gasteiger partial charge < -0.3 is 14.2 Å². The summed E-state index contributed by atoms with van der Waals surface area (Å²) in [5, 5.41) is 0. The number of allylic oxidation sites excluding steroid dienone is 2. The van der Waals surface area contributed by atoms with E-state index in [4.69, 9.17) is 14.2 Å². The van der Waals surface area contributed by atoms with Gasteiger partial charge in [-0.1, -0.05) is 35.9 Å². The average Bonchev–Trinajstić information content (AvgIpc) is 3.32. The first-order valence-corrected chi connectivity index (χ1v) is 9.42. The number of ether oxygens (including phenoxy) is 3. The van der Waals surface area contributed by atoms with Gasteiger partial charge in [-0.25, -0.2) is 0 Å². The highest BCUT2D eigenvalue weighted by Gasteiger charge is 2.58. The monoisotopic (exact) mass is 342 g/mol. The van der Waals surface area contributed by atoms with Crippen LogP contribution in [0.3, 0.4) is 0 Å². The average molecular weight is 342 g/mol. The molecule has 4 heteroatoms. The molecule has 1 saturated carbocycles. The first-order valence-electron chi connectivity index (χ1n) is 9.42. The Morgan fingerprint density at radius 1 is 1.12 bits per heavy atom. The Bertz CT molecular complexity index is 631. The van der Waals surface area contributed by atoms with Gasteiger partial charge in [-0.3, -0.25) is 4.79 Å². The van der Waals surface area contributed by atoms with Crippen LogP contribution < -0.4 is 0 Å². The van der Waals surface area contributed by atoms with Gasteiger partial charge in [0.25, 0.3) is 0 Å². The summed E-state index contributed by atoms with van der Waals surface area (Å²) in [5.74, 6) is -0.173. The number of fused-ring (bicyclic) bond motifs is 2. The van der Waals surface area contributed by atoms with Crippen LogP contribution >= 0.6 is 0 Å². The van der Waals surface area contributed by atoms with E-state index >= 15 is 0 Å². The van der Waals surface area contributed by atoms with Gasteiger partial charge in [-0.05, 0) is 43.2 Å². The number of hydrogen-bond acceptors (Lipinski definition) is 4. The Morgan fingerprint density at radius 3 is 2.72 bits per heavy atom. The van der Waals surface area contributed by atoms with Crippen molar-refractivity contribution in [2.24, 2.45) is 11.8 Å². The fraction of sp³-hybridized carbons (Fsp3) is 0.571. The Kier molecular flexibility index (Phi) is 5.02. The molecule has 0 unspecified atom stereocenters. The summed E-state index contributed by atoms with van der Waals surface area (Å²) in [5.41, 5.74) is 2.51. The van der Waals surface area contributed by atoms with E-state index in [0.29, 0.717) is 25.7 Å². The maximum absolute atomic E-state index is 12.5. The molecule has 0 N–H and O–H groups in total. The van der Waals surface area contributed by atoms with Gasteiger partial charge in [0.05, 0.1) is 25.7 Å². The molecular weight excluding hydrogens is 316 g/mol. The third-order valence-electron chi connectivity index (χ3n) is 5.68. The molecule has 0 amide bonds. The lowest BCUT2D eigenvalue weighted by Crippen LogP contribution is -2.39. The van der Waals surface area contributed by atoms with Crippen LogP contribution in [0.2, 0.25) is 0 Å². The number of benzene rings is 1. The number of hydrogen-bond donors (Lipinski definition) is 0. The van der Waals surface area contributed by atoms with Gasteiger partial charge in [0.1, 0.15) is 0 Å². The predicted molar refractivity (Wildman–Crippen MR) is 93.9 cm³/mol. The second-order valence-corrected chi connectivity index (χ2v) is 7.25. The third-order valence-corrected chi connectivity index (χ3v) is 5.68. The van der Waals surface area contributed by atoms with Gasteiger partial charge in [-0.15, -0.1) is 0 Å². The zero-order valence-corrected chi connectivity index (χ0v) is 14.6. The van der Waals surface area contributed by atoms with Gasteiger partial charge >= 0.3 is 0 Å². The number of carbonyl (C=O) groups excluding carboxylic acids is 1. The first kappa shape index (κ1) is 17.0. The topological polar surface area (TPSA) is 44.8 Å². The van der Waals surface area contributed by atoms with Crippen LogP contribution in [0.4, 0.5) is 0 Å². The molecule has 1 heterocycles. The normalized spacial score (nSPS) is 27.0. The number of unbranched alkanes of at least 4 members (excludes halogenated alkanes) is 1. The zero-order valence-electron chi connectivity index (χ0n) is 14.6. The molecule has 4 rings (SSSR count). The first-order chi connectivity index (χ1) is 12.3. The SMILES string of the molecule is O=C1C=C(CCCCOCc2ccccc2)[C@@H]2CCC3(OCCO3)[C@H]12. The van der Waals surface area contributed by atoms with E-state index in [1.807, 2.05) is 24.3 Å². The summed E-state index contributed by atoms with van der Waals surface area (Å²) in [6.07, 6.45) is 6.79. The lowest BCUT2D eigenvalue weighted by Gasteiger charge is -2.27. The lowest BCUT2D eigenvalue weighted by molar-refractivity contribution is -0.184. The van der Waals surface area contributed by atoms with Gasteiger partial charge in [-0.2, -0.15) is 0 Å². The van der Waals surface area contributed by atoms with Gasteiger partial charge in [0.2, 0.25) is 0 Å². The molecule has 25 heavy (non-hydrogen) atoms. The maximum atomic E-state index is 12.5. The minimum atomic E-state index is -0.612. The zero-order chi connectivity index (χ0) is 17.1. The molecule has 1 aromatic rings. The summed E-state index contributed by atoms with van der Waals surface area (Å²) < 4.78 is 17.4. The number of rotatable bonds is 7. The molecular formula is C21H26O4. The molecule has 2 fully saturated rings.